The third-order valence-electron chi connectivity index (χ3n) is 6.93. The summed E-state index contributed by atoms with van der Waals surface area (Å²) in [7, 11) is 1.68. The van der Waals surface area contributed by atoms with Crippen LogP contribution in [0.2, 0.25) is 0 Å². The molecule has 5 rings (SSSR count). The van der Waals surface area contributed by atoms with Crippen molar-refractivity contribution in [2.24, 2.45) is 11.8 Å². The van der Waals surface area contributed by atoms with Crippen molar-refractivity contribution in [1.29, 1.82) is 0 Å². The lowest BCUT2D eigenvalue weighted by Gasteiger charge is -2.44. The highest BCUT2D eigenvalue weighted by molar-refractivity contribution is 5.85. The lowest BCUT2D eigenvalue weighted by atomic mass is 9.80. The van der Waals surface area contributed by atoms with E-state index in [0.29, 0.717) is 18.3 Å². The summed E-state index contributed by atoms with van der Waals surface area (Å²) >= 11 is 0. The molecule has 3 fully saturated rings. The second kappa shape index (κ2) is 8.32. The molecule has 8 nitrogen and oxygen atoms in total. The molecule has 3 aliphatic heterocycles. The van der Waals surface area contributed by atoms with Gasteiger partial charge in [0.25, 0.3) is 11.8 Å². The zero-order valence-corrected chi connectivity index (χ0v) is 19.1. The van der Waals surface area contributed by atoms with E-state index in [1.165, 1.54) is 4.90 Å². The van der Waals surface area contributed by atoms with Crippen LogP contribution in [0.3, 0.4) is 0 Å². The molecule has 3 atom stereocenters. The van der Waals surface area contributed by atoms with Crippen molar-refractivity contribution in [3.63, 3.8) is 0 Å². The van der Waals surface area contributed by atoms with E-state index in [0.717, 1.165) is 42.3 Å². The summed E-state index contributed by atoms with van der Waals surface area (Å²) < 4.78 is 33.4. The van der Waals surface area contributed by atoms with Crippen LogP contribution in [0.4, 0.5) is 20.5 Å². The monoisotopic (exact) mass is 460 g/mol. The molecule has 3 saturated heterocycles. The number of nitrogens with zero attached hydrogens (tertiary/aromatic N) is 4. The number of rotatable bonds is 4. The number of nitrogens with one attached hydrogen (secondary N) is 2. The molecule has 4 heterocycles. The van der Waals surface area contributed by atoms with Gasteiger partial charge in [0.1, 0.15) is 12.4 Å². The number of amides is 1. The van der Waals surface area contributed by atoms with Crippen molar-refractivity contribution in [2.45, 2.75) is 44.8 Å². The average Bonchev–Trinajstić information content (AvgIpc) is 2.93. The van der Waals surface area contributed by atoms with Gasteiger partial charge >= 0.3 is 0 Å². The van der Waals surface area contributed by atoms with Gasteiger partial charge in [0.15, 0.2) is 6.10 Å². The second-order valence-electron chi connectivity index (χ2n) is 9.52. The van der Waals surface area contributed by atoms with Gasteiger partial charge in [-0.25, -0.2) is 13.8 Å². The summed E-state index contributed by atoms with van der Waals surface area (Å²) in [6.45, 7) is 4.88. The first-order chi connectivity index (χ1) is 15.8. The predicted molar refractivity (Wildman–Crippen MR) is 120 cm³/mol. The molecule has 4 aliphatic rings. The third kappa shape index (κ3) is 4.10. The predicted octanol–water partition coefficient (Wildman–Crippen LogP) is 2.16. The highest BCUT2D eigenvalue weighted by Gasteiger charge is 2.50. The number of ether oxygens (including phenoxy) is 1. The Labute approximate surface area is 192 Å². The number of anilines is 2. The van der Waals surface area contributed by atoms with Gasteiger partial charge in [0, 0.05) is 49.2 Å². The standard InChI is InChI=1S/C23H30F2N6O2/c1-4-14-8-26-22(31-9-13(2)10-31)29-20(14)28-15-5-6-17-16(7-15)18-19(21(32)30(17)3)33-12-23(24,25)11-27-18/h5-6,8,13,16,18-19,27H,4,7,9-12H2,1-3H3,(H,26,28,29). The molecule has 0 aromatic carbocycles. The summed E-state index contributed by atoms with van der Waals surface area (Å²) in [6, 6.07) is -0.520. The summed E-state index contributed by atoms with van der Waals surface area (Å²) in [5, 5.41) is 6.38. The van der Waals surface area contributed by atoms with Crippen LogP contribution in [0, 0.1) is 11.8 Å². The Hall–Kier alpha value is -2.59. The second-order valence-corrected chi connectivity index (χ2v) is 9.52. The highest BCUT2D eigenvalue weighted by Crippen LogP contribution is 2.38. The molecule has 1 aliphatic carbocycles. The Morgan fingerprint density at radius 1 is 1.33 bits per heavy atom. The molecule has 10 heteroatoms. The van der Waals surface area contributed by atoms with Gasteiger partial charge in [0.2, 0.25) is 5.95 Å². The first-order valence-corrected chi connectivity index (χ1v) is 11.5. The summed E-state index contributed by atoms with van der Waals surface area (Å²) in [6.07, 6.45) is 6.09. The van der Waals surface area contributed by atoms with Crippen molar-refractivity contribution in [2.75, 3.05) is 43.5 Å². The van der Waals surface area contributed by atoms with Crippen LogP contribution in [0.25, 0.3) is 0 Å². The quantitative estimate of drug-likeness (QED) is 0.713. The van der Waals surface area contributed by atoms with E-state index in [9.17, 15) is 13.6 Å². The highest BCUT2D eigenvalue weighted by atomic mass is 19.3. The lowest BCUT2D eigenvalue weighted by molar-refractivity contribution is -0.152. The molecule has 1 amide bonds. The number of likely N-dealkylation sites (tertiary alicyclic amines) is 1. The minimum absolute atomic E-state index is 0.179. The van der Waals surface area contributed by atoms with E-state index in [1.54, 1.807) is 7.05 Å². The van der Waals surface area contributed by atoms with E-state index in [1.807, 2.05) is 18.3 Å². The van der Waals surface area contributed by atoms with Crippen molar-refractivity contribution in [3.05, 3.63) is 35.3 Å². The van der Waals surface area contributed by atoms with E-state index in [2.05, 4.69) is 34.4 Å². The molecule has 2 N–H and O–H groups in total. The van der Waals surface area contributed by atoms with Crippen LogP contribution in [0.1, 0.15) is 25.8 Å². The minimum Gasteiger partial charge on any atom is -0.360 e. The Balaban J connectivity index is 1.40. The maximum absolute atomic E-state index is 14.0. The average molecular weight is 461 g/mol. The number of aromatic nitrogens is 2. The molecule has 0 bridgehead atoms. The first-order valence-electron chi connectivity index (χ1n) is 11.5. The van der Waals surface area contributed by atoms with Gasteiger partial charge in [-0.1, -0.05) is 13.8 Å². The molecule has 3 unspecified atom stereocenters. The number of halogens is 2. The minimum atomic E-state index is -3.01. The van der Waals surface area contributed by atoms with Crippen LogP contribution >= 0.6 is 0 Å². The topological polar surface area (TPSA) is 82.6 Å². The lowest BCUT2D eigenvalue weighted by Crippen LogP contribution is -2.59. The summed E-state index contributed by atoms with van der Waals surface area (Å²) in [5.74, 6) is -1.37. The first kappa shape index (κ1) is 22.2. The molecule has 178 valence electrons. The zero-order chi connectivity index (χ0) is 23.3. The molecule has 33 heavy (non-hydrogen) atoms. The summed E-state index contributed by atoms with van der Waals surface area (Å²) in [5.41, 5.74) is 2.73. The fourth-order valence-electron chi connectivity index (χ4n) is 5.05. The van der Waals surface area contributed by atoms with E-state index in [4.69, 9.17) is 9.72 Å². The van der Waals surface area contributed by atoms with Crippen molar-refractivity contribution in [1.82, 2.24) is 20.2 Å². The molecule has 1 aromatic heterocycles. The Morgan fingerprint density at radius 3 is 2.85 bits per heavy atom. The number of alkyl halides is 2. The number of allylic oxidation sites excluding steroid dienone is 3. The van der Waals surface area contributed by atoms with Crippen LogP contribution in [0.15, 0.2) is 29.7 Å². The smallest absolute Gasteiger partial charge is 0.283 e. The van der Waals surface area contributed by atoms with Crippen LogP contribution < -0.4 is 15.5 Å². The number of hydrogen-bond donors (Lipinski definition) is 2. The molecule has 0 radical (unpaired) electrons. The van der Waals surface area contributed by atoms with Crippen LogP contribution in [-0.2, 0) is 16.0 Å². The molecule has 0 spiro atoms. The largest absolute Gasteiger partial charge is 0.360 e. The number of aryl methyl sites for hydroxylation is 1. The molecule has 0 saturated carbocycles. The van der Waals surface area contributed by atoms with E-state index < -0.39 is 31.2 Å². The van der Waals surface area contributed by atoms with Crippen LogP contribution in [0.5, 0.6) is 0 Å². The van der Waals surface area contributed by atoms with Gasteiger partial charge in [-0.3, -0.25) is 4.79 Å². The third-order valence-corrected chi connectivity index (χ3v) is 6.93. The Kier molecular flexibility index (Phi) is 5.60. The van der Waals surface area contributed by atoms with Gasteiger partial charge < -0.3 is 25.2 Å². The number of piperidine rings is 1. The van der Waals surface area contributed by atoms with Crippen molar-refractivity contribution in [3.8, 4) is 0 Å². The fraction of sp³-hybridized carbons (Fsp3) is 0.609. The maximum atomic E-state index is 14.0. The van der Waals surface area contributed by atoms with Gasteiger partial charge in [-0.2, -0.15) is 4.98 Å². The molecule has 1 aromatic rings. The molecular weight excluding hydrogens is 430 g/mol. The van der Waals surface area contributed by atoms with Gasteiger partial charge in [0.05, 0.1) is 12.6 Å². The van der Waals surface area contributed by atoms with Gasteiger partial charge in [-0.15, -0.1) is 0 Å². The summed E-state index contributed by atoms with van der Waals surface area (Å²) in [4.78, 5) is 25.8. The van der Waals surface area contributed by atoms with Crippen LogP contribution in [-0.4, -0.2) is 72.1 Å². The molecular formula is C23H30F2N6O2. The zero-order valence-electron chi connectivity index (χ0n) is 19.1. The van der Waals surface area contributed by atoms with Crippen molar-refractivity contribution < 1.29 is 18.3 Å². The maximum Gasteiger partial charge on any atom is 0.283 e. The number of carbonyl (C=O) groups is 1. The Morgan fingerprint density at radius 2 is 2.12 bits per heavy atom. The number of fused-ring (bicyclic) bond motifs is 3. The SMILES string of the molecule is CCc1cnc(N2CC(C)C2)nc1NC1=CC=C2C(C1)C1NCC(F)(F)COC1C(=O)N2C. The Bertz CT molecular complexity index is 1010. The van der Waals surface area contributed by atoms with E-state index >= 15 is 0 Å². The van der Waals surface area contributed by atoms with Crippen molar-refractivity contribution >= 4 is 17.7 Å². The number of likely N-dealkylation sites (N-methyl/N-ethyl adjacent to an activating group) is 1. The van der Waals surface area contributed by atoms with E-state index in [-0.39, 0.29) is 11.8 Å². The number of hydrogen-bond acceptors (Lipinski definition) is 7. The fourth-order valence-corrected chi connectivity index (χ4v) is 5.05. The van der Waals surface area contributed by atoms with Gasteiger partial charge in [-0.05, 0) is 30.9 Å². The number of carbonyl (C=O) groups excluding carboxylic acids is 1. The normalized spacial score (nSPS) is 29.4.